The molecule has 0 heterocycles. The molecule has 12 heavy (non-hydrogen) atoms. The molecule has 0 bridgehead atoms. The first kappa shape index (κ1) is 10.3. The number of hydrogen-bond donors (Lipinski definition) is 1. The van der Waals surface area contributed by atoms with Crippen LogP contribution in [0.1, 0.15) is 6.92 Å². The lowest BCUT2D eigenvalue weighted by atomic mass is 10.4. The number of carbonyl (C=O) groups excluding carboxylic acids is 2. The molecule has 0 aliphatic carbocycles. The summed E-state index contributed by atoms with van der Waals surface area (Å²) in [5.74, 6) is -0.559. The highest BCUT2D eigenvalue weighted by Gasteiger charge is 1.94. The molecule has 0 spiro atoms. The fourth-order valence-corrected chi connectivity index (χ4v) is 0.386. The second kappa shape index (κ2) is 5.00. The van der Waals surface area contributed by atoms with Gasteiger partial charge in [-0.25, -0.2) is 9.59 Å². The first-order valence-corrected chi connectivity index (χ1v) is 3.03. The average Bonchev–Trinajstić information content (AvgIpc) is 2.00. The molecular formula is C6H9N3O3. The van der Waals surface area contributed by atoms with Gasteiger partial charge in [-0.05, 0) is 6.92 Å². The number of amides is 2. The van der Waals surface area contributed by atoms with E-state index in [0.717, 1.165) is 6.08 Å². The van der Waals surface area contributed by atoms with Gasteiger partial charge in [-0.15, -0.1) is 0 Å². The van der Waals surface area contributed by atoms with Crippen LogP contribution in [0, 0.1) is 0 Å². The van der Waals surface area contributed by atoms with Gasteiger partial charge in [0.05, 0.1) is 12.8 Å². The summed E-state index contributed by atoms with van der Waals surface area (Å²) in [6.07, 6.45) is 1.09. The molecule has 0 aromatic carbocycles. The fourth-order valence-electron chi connectivity index (χ4n) is 0.386. The van der Waals surface area contributed by atoms with Crippen LogP contribution >= 0.6 is 0 Å². The minimum atomic E-state index is -0.910. The van der Waals surface area contributed by atoms with Gasteiger partial charge in [0.2, 0.25) is 0 Å². The van der Waals surface area contributed by atoms with E-state index in [2.05, 4.69) is 20.7 Å². The third-order valence-corrected chi connectivity index (χ3v) is 0.834. The number of carbonyl (C=O) groups is 2. The third kappa shape index (κ3) is 5.10. The van der Waals surface area contributed by atoms with Crippen molar-refractivity contribution < 1.29 is 14.3 Å². The van der Waals surface area contributed by atoms with E-state index in [1.807, 2.05) is 0 Å². The number of nitrogens with two attached hydrogens (primary N) is 1. The van der Waals surface area contributed by atoms with Gasteiger partial charge in [0, 0.05) is 6.08 Å². The summed E-state index contributed by atoms with van der Waals surface area (Å²) in [6, 6.07) is -0.910. The number of esters is 1. The second-order valence-electron chi connectivity index (χ2n) is 1.85. The van der Waals surface area contributed by atoms with Crippen LogP contribution in [0.4, 0.5) is 4.79 Å². The van der Waals surface area contributed by atoms with Crippen molar-refractivity contribution in [1.29, 1.82) is 0 Å². The van der Waals surface area contributed by atoms with Gasteiger partial charge in [0.25, 0.3) is 0 Å². The van der Waals surface area contributed by atoms with Gasteiger partial charge in [-0.3, -0.25) is 0 Å². The van der Waals surface area contributed by atoms with E-state index in [1.54, 1.807) is 0 Å². The largest absolute Gasteiger partial charge is 0.466 e. The van der Waals surface area contributed by atoms with E-state index in [-0.39, 0.29) is 5.70 Å². The van der Waals surface area contributed by atoms with Crippen LogP contribution in [0.5, 0.6) is 0 Å². The van der Waals surface area contributed by atoms with Gasteiger partial charge in [0.15, 0.2) is 0 Å². The lowest BCUT2D eigenvalue weighted by molar-refractivity contribution is -0.134. The van der Waals surface area contributed by atoms with Crippen LogP contribution in [-0.2, 0) is 9.53 Å². The second-order valence-corrected chi connectivity index (χ2v) is 1.85. The highest BCUT2D eigenvalue weighted by Crippen LogP contribution is 1.95. The molecule has 0 saturated carbocycles. The van der Waals surface area contributed by atoms with Gasteiger partial charge in [0.1, 0.15) is 0 Å². The van der Waals surface area contributed by atoms with Crippen molar-refractivity contribution in [3.8, 4) is 0 Å². The molecule has 0 unspecified atom stereocenters. The zero-order valence-corrected chi connectivity index (χ0v) is 6.77. The van der Waals surface area contributed by atoms with Gasteiger partial charge < -0.3 is 10.5 Å². The van der Waals surface area contributed by atoms with Gasteiger partial charge >= 0.3 is 12.0 Å². The smallest absolute Gasteiger partial charge is 0.356 e. The summed E-state index contributed by atoms with van der Waals surface area (Å²) in [5, 5.41) is 6.32. The highest BCUT2D eigenvalue weighted by molar-refractivity contribution is 5.82. The SMILES string of the molecule is COC(=O)/C=C(\C)N=NC(N)=O. The van der Waals surface area contributed by atoms with E-state index < -0.39 is 12.0 Å². The van der Waals surface area contributed by atoms with Crippen molar-refractivity contribution in [2.75, 3.05) is 7.11 Å². The van der Waals surface area contributed by atoms with Gasteiger partial charge in [-0.1, -0.05) is 5.11 Å². The molecule has 6 heteroatoms. The van der Waals surface area contributed by atoms with Crippen LogP contribution in [0.25, 0.3) is 0 Å². The summed E-state index contributed by atoms with van der Waals surface area (Å²) in [5.41, 5.74) is 4.91. The van der Waals surface area contributed by atoms with Crippen molar-refractivity contribution in [3.05, 3.63) is 11.8 Å². The highest BCUT2D eigenvalue weighted by atomic mass is 16.5. The number of azo groups is 1. The third-order valence-electron chi connectivity index (χ3n) is 0.834. The molecule has 0 aliphatic heterocycles. The van der Waals surface area contributed by atoms with Crippen LogP contribution in [-0.4, -0.2) is 19.1 Å². The van der Waals surface area contributed by atoms with Crippen molar-refractivity contribution >= 4 is 12.0 Å². The zero-order valence-electron chi connectivity index (χ0n) is 6.77. The normalized spacial score (nSPS) is 11.7. The Morgan fingerprint density at radius 2 is 2.00 bits per heavy atom. The Balaban J connectivity index is 4.20. The molecule has 0 rings (SSSR count). The van der Waals surface area contributed by atoms with Crippen molar-refractivity contribution in [2.45, 2.75) is 6.92 Å². The zero-order chi connectivity index (χ0) is 9.56. The number of hydrogen-bond acceptors (Lipinski definition) is 4. The molecular weight excluding hydrogens is 162 g/mol. The fraction of sp³-hybridized carbons (Fsp3) is 0.333. The van der Waals surface area contributed by atoms with E-state index in [9.17, 15) is 9.59 Å². The number of rotatable bonds is 2. The maximum atomic E-state index is 10.6. The Kier molecular flexibility index (Phi) is 4.28. The molecule has 0 saturated heterocycles. The minimum Gasteiger partial charge on any atom is -0.466 e. The van der Waals surface area contributed by atoms with Crippen LogP contribution < -0.4 is 5.73 Å². The number of ether oxygens (including phenoxy) is 1. The van der Waals surface area contributed by atoms with Crippen LogP contribution in [0.15, 0.2) is 22.0 Å². The molecule has 0 fully saturated rings. The predicted octanol–water partition coefficient (Wildman–Crippen LogP) is 0.594. The van der Waals surface area contributed by atoms with Crippen molar-refractivity contribution in [3.63, 3.8) is 0 Å². The van der Waals surface area contributed by atoms with Gasteiger partial charge in [-0.2, -0.15) is 5.11 Å². The molecule has 0 radical (unpaired) electrons. The topological polar surface area (TPSA) is 94.1 Å². The minimum absolute atomic E-state index is 0.251. The maximum absolute atomic E-state index is 10.6. The van der Waals surface area contributed by atoms with Crippen LogP contribution in [0.3, 0.4) is 0 Å². The Labute approximate surface area is 69.1 Å². The maximum Gasteiger partial charge on any atom is 0.356 e. The first-order valence-electron chi connectivity index (χ1n) is 3.03. The Hall–Kier alpha value is -1.72. The van der Waals surface area contributed by atoms with E-state index in [1.165, 1.54) is 14.0 Å². The summed E-state index contributed by atoms with van der Waals surface area (Å²) in [6.45, 7) is 1.49. The Morgan fingerprint density at radius 1 is 1.42 bits per heavy atom. The van der Waals surface area contributed by atoms with E-state index in [4.69, 9.17) is 0 Å². The molecule has 0 aliphatic rings. The quantitative estimate of drug-likeness (QED) is 0.374. The summed E-state index contributed by atoms with van der Waals surface area (Å²) in [7, 11) is 1.23. The molecule has 66 valence electrons. The van der Waals surface area contributed by atoms with Crippen LogP contribution in [0.2, 0.25) is 0 Å². The van der Waals surface area contributed by atoms with E-state index in [0.29, 0.717) is 0 Å². The predicted molar refractivity (Wildman–Crippen MR) is 40.2 cm³/mol. The van der Waals surface area contributed by atoms with Crippen molar-refractivity contribution in [1.82, 2.24) is 0 Å². The monoisotopic (exact) mass is 171 g/mol. The number of methoxy groups -OCH3 is 1. The number of nitrogens with zero attached hydrogens (tertiary/aromatic N) is 2. The lowest BCUT2D eigenvalue weighted by Crippen LogP contribution is -2.02. The summed E-state index contributed by atoms with van der Waals surface area (Å²) < 4.78 is 4.29. The first-order chi connectivity index (χ1) is 5.56. The standard InChI is InChI=1S/C6H9N3O3/c1-4(3-5(10)12-2)8-9-6(7)11/h3H,1-2H3,(H2,7,11)/b4-3+,9-8?. The number of allylic oxidation sites excluding steroid dienone is 1. The molecule has 0 aromatic heterocycles. The number of primary amides is 1. The summed E-state index contributed by atoms with van der Waals surface area (Å²) >= 11 is 0. The average molecular weight is 171 g/mol. The Morgan fingerprint density at radius 3 is 2.42 bits per heavy atom. The number of urea groups is 1. The lowest BCUT2D eigenvalue weighted by Gasteiger charge is -1.90. The molecule has 2 N–H and O–H groups in total. The van der Waals surface area contributed by atoms with Crippen molar-refractivity contribution in [2.24, 2.45) is 16.0 Å². The Bertz CT molecular complexity index is 244. The molecule has 0 aromatic rings. The molecule has 0 atom stereocenters. The molecule has 6 nitrogen and oxygen atoms in total. The summed E-state index contributed by atoms with van der Waals surface area (Å²) in [4.78, 5) is 20.6. The molecule has 2 amide bonds. The van der Waals surface area contributed by atoms with E-state index >= 15 is 0 Å².